The van der Waals surface area contributed by atoms with Crippen molar-refractivity contribution in [3.8, 4) is 6.07 Å². The van der Waals surface area contributed by atoms with Crippen LogP contribution in [0.5, 0.6) is 0 Å². The molecule has 2 aliphatic carbocycles. The number of nitrogens with one attached hydrogen (secondary N) is 2. The summed E-state index contributed by atoms with van der Waals surface area (Å²) in [6.45, 7) is 1.13. The molecular formula is C22H27F2N5O2. The summed E-state index contributed by atoms with van der Waals surface area (Å²) in [5.41, 5.74) is -0.281. The predicted octanol–water partition coefficient (Wildman–Crippen LogP) is 2.78. The van der Waals surface area contributed by atoms with Gasteiger partial charge in [-0.2, -0.15) is 5.26 Å². The number of hydrogen-bond donors (Lipinski definition) is 2. The standard InChI is InChI=1S/C22H27F2N5O2/c23-22(24,12-16-2-1-9-26-14-16)13-17(18(30)28-21(15-25)5-6-21)27-19(31)29-10-7-20(3-4-20)8-11-29/h1-2,9,14,17H,3-8,10-13H2,(H,27,31)(H,28,30)/t17-/m0/s1. The molecule has 0 unspecified atom stereocenters. The summed E-state index contributed by atoms with van der Waals surface area (Å²) in [5.74, 6) is -3.98. The number of amides is 3. The van der Waals surface area contributed by atoms with Gasteiger partial charge in [-0.3, -0.25) is 9.78 Å². The molecule has 7 nitrogen and oxygen atoms in total. The Bertz CT molecular complexity index is 868. The number of likely N-dealkylation sites (tertiary alicyclic amines) is 1. The lowest BCUT2D eigenvalue weighted by Gasteiger charge is -2.34. The summed E-state index contributed by atoms with van der Waals surface area (Å²) in [5, 5.41) is 14.3. The van der Waals surface area contributed by atoms with E-state index in [0.29, 0.717) is 36.9 Å². The topological polar surface area (TPSA) is 98.1 Å². The van der Waals surface area contributed by atoms with Gasteiger partial charge < -0.3 is 15.5 Å². The molecule has 2 N–H and O–H groups in total. The van der Waals surface area contributed by atoms with Crippen molar-refractivity contribution in [2.24, 2.45) is 5.41 Å². The number of nitriles is 1. The van der Waals surface area contributed by atoms with Crippen molar-refractivity contribution < 1.29 is 18.4 Å². The second-order valence-electron chi connectivity index (χ2n) is 9.27. The summed E-state index contributed by atoms with van der Waals surface area (Å²) < 4.78 is 29.6. The van der Waals surface area contributed by atoms with Crippen molar-refractivity contribution in [3.05, 3.63) is 30.1 Å². The zero-order chi connectivity index (χ0) is 22.1. The van der Waals surface area contributed by atoms with Crippen LogP contribution in [0.1, 0.15) is 50.5 Å². The minimum Gasteiger partial charge on any atom is -0.336 e. The number of halogens is 2. The number of nitrogens with zero attached hydrogens (tertiary/aromatic N) is 3. The average Bonchev–Trinajstić information content (AvgIpc) is 3.67. The van der Waals surface area contributed by atoms with E-state index in [1.54, 1.807) is 17.0 Å². The molecule has 1 spiro atoms. The van der Waals surface area contributed by atoms with Gasteiger partial charge in [0.15, 0.2) is 0 Å². The maximum atomic E-state index is 14.8. The molecule has 0 bridgehead atoms. The number of carbonyl (C=O) groups excluding carboxylic acids is 2. The molecule has 1 saturated heterocycles. The van der Waals surface area contributed by atoms with E-state index in [4.69, 9.17) is 0 Å². The van der Waals surface area contributed by atoms with E-state index in [-0.39, 0.29) is 0 Å². The number of hydrogen-bond acceptors (Lipinski definition) is 4. The minimum absolute atomic E-state index is 0.347. The van der Waals surface area contributed by atoms with Gasteiger partial charge in [0.1, 0.15) is 11.6 Å². The Balaban J connectivity index is 1.42. The van der Waals surface area contributed by atoms with Gasteiger partial charge in [0.05, 0.1) is 6.07 Å². The normalized spacial score (nSPS) is 21.6. The van der Waals surface area contributed by atoms with Crippen LogP contribution in [0, 0.1) is 16.7 Å². The molecule has 1 atom stereocenters. The summed E-state index contributed by atoms with van der Waals surface area (Å²) in [4.78, 5) is 31.0. The number of piperidine rings is 1. The number of carbonyl (C=O) groups is 2. The average molecular weight is 431 g/mol. The Kier molecular flexibility index (Phi) is 5.58. The Morgan fingerprint density at radius 2 is 1.94 bits per heavy atom. The highest BCUT2D eigenvalue weighted by Gasteiger charge is 2.48. The molecule has 2 saturated carbocycles. The van der Waals surface area contributed by atoms with Crippen molar-refractivity contribution in [2.45, 2.75) is 68.9 Å². The summed E-state index contributed by atoms with van der Waals surface area (Å²) in [7, 11) is 0. The molecule has 2 heterocycles. The Morgan fingerprint density at radius 3 is 2.48 bits per heavy atom. The minimum atomic E-state index is -3.23. The smallest absolute Gasteiger partial charge is 0.318 e. The van der Waals surface area contributed by atoms with Crippen LogP contribution in [0.25, 0.3) is 0 Å². The lowest BCUT2D eigenvalue weighted by molar-refractivity contribution is -0.126. The van der Waals surface area contributed by atoms with Gasteiger partial charge in [-0.15, -0.1) is 0 Å². The molecule has 1 aromatic rings. The quantitative estimate of drug-likeness (QED) is 0.694. The van der Waals surface area contributed by atoms with Crippen LogP contribution in [0.15, 0.2) is 24.5 Å². The summed E-state index contributed by atoms with van der Waals surface area (Å²) >= 11 is 0. The van der Waals surface area contributed by atoms with Crippen LogP contribution < -0.4 is 10.6 Å². The predicted molar refractivity (Wildman–Crippen MR) is 108 cm³/mol. The first-order valence-corrected chi connectivity index (χ1v) is 10.8. The first-order valence-electron chi connectivity index (χ1n) is 10.8. The third-order valence-electron chi connectivity index (χ3n) is 6.70. The first kappa shape index (κ1) is 21.5. The number of pyridine rings is 1. The number of alkyl halides is 2. The number of aromatic nitrogens is 1. The molecule has 1 aromatic heterocycles. The molecule has 4 rings (SSSR count). The van der Waals surface area contributed by atoms with Crippen molar-refractivity contribution in [1.82, 2.24) is 20.5 Å². The molecule has 0 aromatic carbocycles. The van der Waals surface area contributed by atoms with Gasteiger partial charge in [0, 0.05) is 38.3 Å². The SMILES string of the molecule is N#CC1(NC(=O)[C@H](CC(F)(F)Cc2cccnc2)NC(=O)N2CCC3(CC2)CC3)CC1. The molecule has 3 amide bonds. The summed E-state index contributed by atoms with van der Waals surface area (Å²) in [6, 6.07) is 3.21. The highest BCUT2D eigenvalue weighted by Crippen LogP contribution is 2.53. The summed E-state index contributed by atoms with van der Waals surface area (Å²) in [6.07, 6.45) is 6.57. The van der Waals surface area contributed by atoms with Gasteiger partial charge >= 0.3 is 6.03 Å². The molecule has 9 heteroatoms. The van der Waals surface area contributed by atoms with Crippen molar-refractivity contribution in [3.63, 3.8) is 0 Å². The highest BCUT2D eigenvalue weighted by molar-refractivity contribution is 5.88. The zero-order valence-corrected chi connectivity index (χ0v) is 17.4. The van der Waals surface area contributed by atoms with Crippen LogP contribution in [-0.2, 0) is 11.2 Å². The highest BCUT2D eigenvalue weighted by atomic mass is 19.3. The van der Waals surface area contributed by atoms with E-state index < -0.39 is 42.3 Å². The lowest BCUT2D eigenvalue weighted by Crippen LogP contribution is -2.56. The fourth-order valence-corrected chi connectivity index (χ4v) is 4.20. The fourth-order valence-electron chi connectivity index (χ4n) is 4.20. The number of rotatable bonds is 7. The Morgan fingerprint density at radius 1 is 1.23 bits per heavy atom. The first-order chi connectivity index (χ1) is 14.7. The van der Waals surface area contributed by atoms with Crippen LogP contribution in [0.4, 0.5) is 13.6 Å². The van der Waals surface area contributed by atoms with Crippen molar-refractivity contribution >= 4 is 11.9 Å². The monoisotopic (exact) mass is 431 g/mol. The maximum absolute atomic E-state index is 14.8. The second-order valence-corrected chi connectivity index (χ2v) is 9.27. The zero-order valence-electron chi connectivity index (χ0n) is 17.4. The Hall–Kier alpha value is -2.76. The van der Waals surface area contributed by atoms with Gasteiger partial charge in [-0.1, -0.05) is 6.07 Å². The van der Waals surface area contributed by atoms with E-state index in [1.165, 1.54) is 25.2 Å². The van der Waals surface area contributed by atoms with Gasteiger partial charge in [0.25, 0.3) is 5.92 Å². The van der Waals surface area contributed by atoms with Crippen LogP contribution in [-0.4, -0.2) is 52.4 Å². The largest absolute Gasteiger partial charge is 0.336 e. The van der Waals surface area contributed by atoms with Crippen LogP contribution in [0.2, 0.25) is 0 Å². The van der Waals surface area contributed by atoms with E-state index >= 15 is 0 Å². The van der Waals surface area contributed by atoms with Gasteiger partial charge in [0.2, 0.25) is 5.91 Å². The molecule has 3 fully saturated rings. The van der Waals surface area contributed by atoms with Crippen LogP contribution in [0.3, 0.4) is 0 Å². The van der Waals surface area contributed by atoms with Crippen molar-refractivity contribution in [1.29, 1.82) is 5.26 Å². The molecule has 1 aliphatic heterocycles. The van der Waals surface area contributed by atoms with E-state index in [2.05, 4.69) is 15.6 Å². The molecular weight excluding hydrogens is 404 g/mol. The van der Waals surface area contributed by atoms with E-state index in [1.807, 2.05) is 6.07 Å². The van der Waals surface area contributed by atoms with E-state index in [0.717, 1.165) is 12.8 Å². The van der Waals surface area contributed by atoms with Crippen LogP contribution >= 0.6 is 0 Å². The molecule has 3 aliphatic rings. The number of urea groups is 1. The Labute approximate surface area is 180 Å². The molecule has 31 heavy (non-hydrogen) atoms. The third kappa shape index (κ3) is 5.30. The van der Waals surface area contributed by atoms with Gasteiger partial charge in [-0.05, 0) is 55.6 Å². The third-order valence-corrected chi connectivity index (χ3v) is 6.70. The van der Waals surface area contributed by atoms with Crippen molar-refractivity contribution in [2.75, 3.05) is 13.1 Å². The lowest BCUT2D eigenvalue weighted by atomic mass is 9.94. The second kappa shape index (κ2) is 8.06. The maximum Gasteiger partial charge on any atom is 0.318 e. The van der Waals surface area contributed by atoms with E-state index in [9.17, 15) is 23.6 Å². The van der Waals surface area contributed by atoms with Gasteiger partial charge in [-0.25, -0.2) is 13.6 Å². The fraction of sp³-hybridized carbons (Fsp3) is 0.636. The molecule has 0 radical (unpaired) electrons. The molecule has 166 valence electrons.